The maximum atomic E-state index is 9.95. The standard InChI is InChI=1S/C12H26O4/c1-10(2)11(14)12(3,4)9-16-8-7-15-6-5-13/h10-11,13-14H,5-9H2,1-4H3. The number of aliphatic hydroxyl groups excluding tert-OH is 2. The van der Waals surface area contributed by atoms with E-state index in [4.69, 9.17) is 14.6 Å². The minimum atomic E-state index is -0.370. The fourth-order valence-corrected chi connectivity index (χ4v) is 1.61. The summed E-state index contributed by atoms with van der Waals surface area (Å²) in [4.78, 5) is 0. The van der Waals surface area contributed by atoms with Crippen LogP contribution < -0.4 is 0 Å². The molecule has 16 heavy (non-hydrogen) atoms. The van der Waals surface area contributed by atoms with Crippen molar-refractivity contribution in [2.24, 2.45) is 11.3 Å². The summed E-state index contributed by atoms with van der Waals surface area (Å²) in [5, 5.41) is 18.4. The van der Waals surface area contributed by atoms with Crippen LogP contribution in [0.15, 0.2) is 0 Å². The predicted molar refractivity (Wildman–Crippen MR) is 63.3 cm³/mol. The first-order valence-corrected chi connectivity index (χ1v) is 5.86. The zero-order chi connectivity index (χ0) is 12.6. The molecule has 0 aliphatic heterocycles. The summed E-state index contributed by atoms with van der Waals surface area (Å²) in [7, 11) is 0. The lowest BCUT2D eigenvalue weighted by Crippen LogP contribution is -2.37. The Bertz CT molecular complexity index is 168. The Morgan fingerprint density at radius 3 is 2.12 bits per heavy atom. The van der Waals surface area contributed by atoms with E-state index in [1.807, 2.05) is 27.7 Å². The van der Waals surface area contributed by atoms with E-state index in [0.29, 0.717) is 26.4 Å². The van der Waals surface area contributed by atoms with Crippen molar-refractivity contribution in [2.75, 3.05) is 33.0 Å². The van der Waals surface area contributed by atoms with Gasteiger partial charge in [0.2, 0.25) is 0 Å². The normalized spacial score (nSPS) is 14.4. The molecule has 0 aromatic rings. The molecule has 0 heterocycles. The highest BCUT2D eigenvalue weighted by molar-refractivity contribution is 4.79. The van der Waals surface area contributed by atoms with Crippen LogP contribution in [0.1, 0.15) is 27.7 Å². The summed E-state index contributed by atoms with van der Waals surface area (Å²) < 4.78 is 10.5. The molecule has 0 rings (SSSR count). The summed E-state index contributed by atoms with van der Waals surface area (Å²) in [6.07, 6.45) is -0.370. The molecule has 0 aromatic heterocycles. The molecule has 98 valence electrons. The van der Waals surface area contributed by atoms with Gasteiger partial charge in [-0.1, -0.05) is 27.7 Å². The molecule has 1 atom stereocenters. The Balaban J connectivity index is 3.66. The van der Waals surface area contributed by atoms with Gasteiger partial charge in [-0.3, -0.25) is 0 Å². The van der Waals surface area contributed by atoms with Gasteiger partial charge < -0.3 is 19.7 Å². The molecule has 4 heteroatoms. The summed E-state index contributed by atoms with van der Waals surface area (Å²) in [6.45, 7) is 9.85. The minimum Gasteiger partial charge on any atom is -0.394 e. The molecule has 0 saturated carbocycles. The summed E-state index contributed by atoms with van der Waals surface area (Å²) in [5.41, 5.74) is -0.245. The van der Waals surface area contributed by atoms with Crippen LogP contribution in [0.2, 0.25) is 0 Å². The van der Waals surface area contributed by atoms with Crippen molar-refractivity contribution in [1.29, 1.82) is 0 Å². The fourth-order valence-electron chi connectivity index (χ4n) is 1.61. The summed E-state index contributed by atoms with van der Waals surface area (Å²) >= 11 is 0. The Hall–Kier alpha value is -0.160. The van der Waals surface area contributed by atoms with Gasteiger partial charge in [0.1, 0.15) is 0 Å². The van der Waals surface area contributed by atoms with Crippen molar-refractivity contribution in [1.82, 2.24) is 0 Å². The minimum absolute atomic E-state index is 0.0392. The van der Waals surface area contributed by atoms with Gasteiger partial charge >= 0.3 is 0 Å². The molecule has 0 amide bonds. The van der Waals surface area contributed by atoms with Crippen LogP contribution in [0, 0.1) is 11.3 Å². The highest BCUT2D eigenvalue weighted by Crippen LogP contribution is 2.26. The Morgan fingerprint density at radius 1 is 1.06 bits per heavy atom. The maximum absolute atomic E-state index is 9.95. The van der Waals surface area contributed by atoms with E-state index in [1.165, 1.54) is 0 Å². The van der Waals surface area contributed by atoms with E-state index in [9.17, 15) is 5.11 Å². The monoisotopic (exact) mass is 234 g/mol. The van der Waals surface area contributed by atoms with Gasteiger partial charge in [0.25, 0.3) is 0 Å². The van der Waals surface area contributed by atoms with E-state index in [0.717, 1.165) is 0 Å². The first kappa shape index (κ1) is 15.8. The molecule has 0 radical (unpaired) electrons. The van der Waals surface area contributed by atoms with E-state index in [-0.39, 0.29) is 24.0 Å². The number of aliphatic hydroxyl groups is 2. The molecule has 0 bridgehead atoms. The van der Waals surface area contributed by atoms with Crippen molar-refractivity contribution < 1.29 is 19.7 Å². The molecule has 0 aliphatic carbocycles. The number of hydrogen-bond acceptors (Lipinski definition) is 4. The number of ether oxygens (including phenoxy) is 2. The van der Waals surface area contributed by atoms with Gasteiger partial charge in [0.05, 0.1) is 39.1 Å². The molecule has 2 N–H and O–H groups in total. The third-order valence-corrected chi connectivity index (χ3v) is 2.51. The molecule has 0 aliphatic rings. The molecule has 0 fully saturated rings. The van der Waals surface area contributed by atoms with E-state index in [2.05, 4.69) is 0 Å². The van der Waals surface area contributed by atoms with Gasteiger partial charge in [-0.05, 0) is 5.92 Å². The highest BCUT2D eigenvalue weighted by atomic mass is 16.5. The first-order valence-electron chi connectivity index (χ1n) is 5.86. The average molecular weight is 234 g/mol. The van der Waals surface area contributed by atoms with Crippen molar-refractivity contribution in [2.45, 2.75) is 33.8 Å². The average Bonchev–Trinajstić information content (AvgIpc) is 2.22. The number of hydrogen-bond donors (Lipinski definition) is 2. The van der Waals surface area contributed by atoms with Crippen LogP contribution in [0.5, 0.6) is 0 Å². The molecular weight excluding hydrogens is 208 g/mol. The van der Waals surface area contributed by atoms with Crippen LogP contribution in [0.25, 0.3) is 0 Å². The van der Waals surface area contributed by atoms with Gasteiger partial charge in [-0.25, -0.2) is 0 Å². The van der Waals surface area contributed by atoms with Crippen LogP contribution in [0.4, 0.5) is 0 Å². The van der Waals surface area contributed by atoms with Crippen molar-refractivity contribution >= 4 is 0 Å². The molecule has 4 nitrogen and oxygen atoms in total. The lowest BCUT2D eigenvalue weighted by molar-refractivity contribution is -0.0560. The van der Waals surface area contributed by atoms with E-state index in [1.54, 1.807) is 0 Å². The molecule has 0 saturated heterocycles. The topological polar surface area (TPSA) is 58.9 Å². The van der Waals surface area contributed by atoms with Crippen LogP contribution in [-0.4, -0.2) is 49.4 Å². The lowest BCUT2D eigenvalue weighted by Gasteiger charge is -2.32. The van der Waals surface area contributed by atoms with Crippen molar-refractivity contribution in [3.63, 3.8) is 0 Å². The third-order valence-electron chi connectivity index (χ3n) is 2.51. The largest absolute Gasteiger partial charge is 0.394 e. The maximum Gasteiger partial charge on any atom is 0.0701 e. The Kier molecular flexibility index (Phi) is 7.93. The second-order valence-corrected chi connectivity index (χ2v) is 5.07. The predicted octanol–water partition coefficient (Wildman–Crippen LogP) is 1.05. The fraction of sp³-hybridized carbons (Fsp3) is 1.00. The smallest absolute Gasteiger partial charge is 0.0701 e. The lowest BCUT2D eigenvalue weighted by atomic mass is 9.81. The van der Waals surface area contributed by atoms with Crippen LogP contribution >= 0.6 is 0 Å². The van der Waals surface area contributed by atoms with Crippen LogP contribution in [0.3, 0.4) is 0 Å². The van der Waals surface area contributed by atoms with Crippen molar-refractivity contribution in [3.05, 3.63) is 0 Å². The van der Waals surface area contributed by atoms with Gasteiger partial charge in [-0.2, -0.15) is 0 Å². The molecular formula is C12H26O4. The summed E-state index contributed by atoms with van der Waals surface area (Å²) in [6, 6.07) is 0. The summed E-state index contributed by atoms with van der Waals surface area (Å²) in [5.74, 6) is 0.226. The zero-order valence-corrected chi connectivity index (χ0v) is 10.9. The van der Waals surface area contributed by atoms with Crippen molar-refractivity contribution in [3.8, 4) is 0 Å². The van der Waals surface area contributed by atoms with E-state index >= 15 is 0 Å². The highest BCUT2D eigenvalue weighted by Gasteiger charge is 2.30. The molecule has 0 aromatic carbocycles. The second kappa shape index (κ2) is 8.01. The zero-order valence-electron chi connectivity index (χ0n) is 10.9. The Morgan fingerprint density at radius 2 is 1.62 bits per heavy atom. The quantitative estimate of drug-likeness (QED) is 0.586. The van der Waals surface area contributed by atoms with Crippen LogP contribution in [-0.2, 0) is 9.47 Å². The SMILES string of the molecule is CC(C)C(O)C(C)(C)COCCOCCO. The van der Waals surface area contributed by atoms with Gasteiger partial charge in [0.15, 0.2) is 0 Å². The Labute approximate surface area is 98.6 Å². The molecule has 0 spiro atoms. The third kappa shape index (κ3) is 6.43. The molecule has 1 unspecified atom stereocenters. The van der Waals surface area contributed by atoms with E-state index < -0.39 is 0 Å². The number of rotatable bonds is 9. The second-order valence-electron chi connectivity index (χ2n) is 5.07. The first-order chi connectivity index (χ1) is 7.41. The van der Waals surface area contributed by atoms with Gasteiger partial charge in [-0.15, -0.1) is 0 Å². The van der Waals surface area contributed by atoms with Gasteiger partial charge in [0, 0.05) is 5.41 Å².